The second-order valence-electron chi connectivity index (χ2n) is 5.24. The van der Waals surface area contributed by atoms with Crippen LogP contribution in [0.2, 0.25) is 0 Å². The summed E-state index contributed by atoms with van der Waals surface area (Å²) in [4.78, 5) is 0. The number of nitrogens with zero attached hydrogens (tertiary/aromatic N) is 2. The van der Waals surface area contributed by atoms with Crippen LogP contribution in [-0.2, 0) is 12.1 Å². The van der Waals surface area contributed by atoms with E-state index in [1.165, 1.54) is 18.0 Å². The van der Waals surface area contributed by atoms with Gasteiger partial charge in [0.2, 0.25) is 0 Å². The highest BCUT2D eigenvalue weighted by Crippen LogP contribution is 2.47. The lowest BCUT2D eigenvalue weighted by atomic mass is 9.75. The molecule has 1 aromatic rings. The van der Waals surface area contributed by atoms with Gasteiger partial charge in [-0.15, -0.1) is 0 Å². The standard InChI is InChI=1S/C13H19F3N2O2/c1-3-18-11(10(20-2)8-17-18)12(19)6-4-5-9(7-12)13(14,15)16/h8-9,19H,3-7H2,1-2H3. The van der Waals surface area contributed by atoms with Gasteiger partial charge in [-0.25, -0.2) is 0 Å². The zero-order valence-electron chi connectivity index (χ0n) is 11.6. The molecule has 2 atom stereocenters. The van der Waals surface area contributed by atoms with Crippen molar-refractivity contribution in [2.24, 2.45) is 5.92 Å². The Hall–Kier alpha value is -1.24. The lowest BCUT2D eigenvalue weighted by Crippen LogP contribution is -2.40. The van der Waals surface area contributed by atoms with Crippen LogP contribution in [0.3, 0.4) is 0 Å². The SMILES string of the molecule is CCn1ncc(OC)c1C1(O)CCCC(C(F)(F)F)C1. The Kier molecular flexibility index (Phi) is 4.00. The highest BCUT2D eigenvalue weighted by atomic mass is 19.4. The molecule has 0 aliphatic heterocycles. The van der Waals surface area contributed by atoms with E-state index >= 15 is 0 Å². The van der Waals surface area contributed by atoms with E-state index in [0.717, 1.165) is 0 Å². The minimum absolute atomic E-state index is 0.0639. The Balaban J connectivity index is 2.37. The number of alkyl halides is 3. The third-order valence-corrected chi connectivity index (χ3v) is 3.96. The predicted molar refractivity (Wildman–Crippen MR) is 66.4 cm³/mol. The molecule has 7 heteroatoms. The molecule has 0 spiro atoms. The van der Waals surface area contributed by atoms with Crippen LogP contribution in [0.5, 0.6) is 5.75 Å². The molecule has 4 nitrogen and oxygen atoms in total. The molecule has 1 aromatic heterocycles. The number of rotatable bonds is 3. The van der Waals surface area contributed by atoms with Crippen LogP contribution in [0.4, 0.5) is 13.2 Å². The van der Waals surface area contributed by atoms with E-state index in [0.29, 0.717) is 30.8 Å². The largest absolute Gasteiger partial charge is 0.493 e. The number of hydrogen-bond donors (Lipinski definition) is 1. The van der Waals surface area contributed by atoms with E-state index in [9.17, 15) is 18.3 Å². The Morgan fingerprint density at radius 1 is 1.55 bits per heavy atom. The number of hydrogen-bond acceptors (Lipinski definition) is 3. The summed E-state index contributed by atoms with van der Waals surface area (Å²) in [7, 11) is 1.42. The number of ether oxygens (including phenoxy) is 1. The van der Waals surface area contributed by atoms with Gasteiger partial charge in [-0.2, -0.15) is 18.3 Å². The molecule has 0 saturated heterocycles. The summed E-state index contributed by atoms with van der Waals surface area (Å²) in [5.41, 5.74) is -1.17. The first-order chi connectivity index (χ1) is 9.31. The topological polar surface area (TPSA) is 47.3 Å². The Bertz CT molecular complexity index is 451. The molecule has 1 fully saturated rings. The molecule has 1 saturated carbocycles. The van der Waals surface area contributed by atoms with Gasteiger partial charge >= 0.3 is 6.18 Å². The molecule has 0 aromatic carbocycles. The molecule has 1 aliphatic rings. The number of aromatic nitrogens is 2. The quantitative estimate of drug-likeness (QED) is 0.932. The molecule has 0 radical (unpaired) electrons. The van der Waals surface area contributed by atoms with Crippen molar-refractivity contribution in [3.63, 3.8) is 0 Å². The molecular formula is C13H19F3N2O2. The van der Waals surface area contributed by atoms with E-state index in [-0.39, 0.29) is 12.8 Å². The van der Waals surface area contributed by atoms with Gasteiger partial charge in [0.15, 0.2) is 5.75 Å². The minimum atomic E-state index is -4.28. The zero-order valence-corrected chi connectivity index (χ0v) is 11.6. The molecule has 2 unspecified atom stereocenters. The van der Waals surface area contributed by atoms with Crippen molar-refractivity contribution in [1.82, 2.24) is 9.78 Å². The second-order valence-corrected chi connectivity index (χ2v) is 5.24. The Labute approximate surface area is 115 Å². The second kappa shape index (κ2) is 5.27. The number of aryl methyl sites for hydroxylation is 1. The smallest absolute Gasteiger partial charge is 0.391 e. The van der Waals surface area contributed by atoms with Crippen molar-refractivity contribution >= 4 is 0 Å². The maximum atomic E-state index is 12.9. The third kappa shape index (κ3) is 2.63. The van der Waals surface area contributed by atoms with Crippen molar-refractivity contribution < 1.29 is 23.0 Å². The first kappa shape index (κ1) is 15.2. The van der Waals surface area contributed by atoms with Crippen LogP contribution < -0.4 is 4.74 Å². The normalized spacial score (nSPS) is 27.6. The van der Waals surface area contributed by atoms with E-state index in [4.69, 9.17) is 4.74 Å². The van der Waals surface area contributed by atoms with Gasteiger partial charge in [0.1, 0.15) is 11.3 Å². The molecule has 1 heterocycles. The maximum Gasteiger partial charge on any atom is 0.391 e. The van der Waals surface area contributed by atoms with Gasteiger partial charge in [0.05, 0.1) is 19.2 Å². The molecule has 0 amide bonds. The van der Waals surface area contributed by atoms with Gasteiger partial charge in [-0.05, 0) is 32.6 Å². The summed E-state index contributed by atoms with van der Waals surface area (Å²) in [6, 6.07) is 0. The van der Waals surface area contributed by atoms with Crippen molar-refractivity contribution in [3.8, 4) is 5.75 Å². The Morgan fingerprint density at radius 3 is 2.80 bits per heavy atom. The highest BCUT2D eigenvalue weighted by molar-refractivity contribution is 5.31. The maximum absolute atomic E-state index is 12.9. The van der Waals surface area contributed by atoms with Crippen LogP contribution in [-0.4, -0.2) is 28.2 Å². The van der Waals surface area contributed by atoms with Gasteiger partial charge in [0, 0.05) is 6.54 Å². The summed E-state index contributed by atoms with van der Waals surface area (Å²) < 4.78 is 45.4. The predicted octanol–water partition coefficient (Wildman–Crippen LogP) is 2.85. The summed E-state index contributed by atoms with van der Waals surface area (Å²) in [6.45, 7) is 2.29. The molecule has 1 aliphatic carbocycles. The van der Waals surface area contributed by atoms with Crippen LogP contribution in [0.15, 0.2) is 6.20 Å². The fourth-order valence-electron chi connectivity index (χ4n) is 2.97. The van der Waals surface area contributed by atoms with Gasteiger partial charge in [0.25, 0.3) is 0 Å². The minimum Gasteiger partial charge on any atom is -0.493 e. The van der Waals surface area contributed by atoms with Gasteiger partial charge < -0.3 is 9.84 Å². The average Bonchev–Trinajstić information content (AvgIpc) is 2.81. The van der Waals surface area contributed by atoms with Crippen LogP contribution in [0.1, 0.15) is 38.3 Å². The molecule has 114 valence electrons. The zero-order chi connectivity index (χ0) is 15.0. The van der Waals surface area contributed by atoms with Crippen LogP contribution in [0, 0.1) is 5.92 Å². The first-order valence-electron chi connectivity index (χ1n) is 6.71. The highest BCUT2D eigenvalue weighted by Gasteiger charge is 2.49. The van der Waals surface area contributed by atoms with Crippen molar-refractivity contribution in [1.29, 1.82) is 0 Å². The first-order valence-corrected chi connectivity index (χ1v) is 6.71. The number of halogens is 3. The summed E-state index contributed by atoms with van der Waals surface area (Å²) in [5, 5.41) is 14.8. The fourth-order valence-corrected chi connectivity index (χ4v) is 2.97. The van der Waals surface area contributed by atoms with Crippen molar-refractivity contribution in [2.45, 2.75) is 50.9 Å². The molecule has 1 N–H and O–H groups in total. The van der Waals surface area contributed by atoms with Crippen LogP contribution in [0.25, 0.3) is 0 Å². The van der Waals surface area contributed by atoms with E-state index in [1.807, 2.05) is 6.92 Å². The van der Waals surface area contributed by atoms with E-state index < -0.39 is 17.7 Å². The van der Waals surface area contributed by atoms with Crippen molar-refractivity contribution in [3.05, 3.63) is 11.9 Å². The summed E-state index contributed by atoms with van der Waals surface area (Å²) in [6.07, 6.45) is -2.49. The monoisotopic (exact) mass is 292 g/mol. The average molecular weight is 292 g/mol. The summed E-state index contributed by atoms with van der Waals surface area (Å²) in [5.74, 6) is -1.14. The van der Waals surface area contributed by atoms with Crippen LogP contribution >= 0.6 is 0 Å². The number of aliphatic hydroxyl groups is 1. The van der Waals surface area contributed by atoms with Gasteiger partial charge in [-0.3, -0.25) is 4.68 Å². The van der Waals surface area contributed by atoms with Crippen molar-refractivity contribution in [2.75, 3.05) is 7.11 Å². The lowest BCUT2D eigenvalue weighted by molar-refractivity contribution is -0.202. The number of methoxy groups -OCH3 is 1. The molecule has 0 bridgehead atoms. The van der Waals surface area contributed by atoms with E-state index in [2.05, 4.69) is 5.10 Å². The van der Waals surface area contributed by atoms with E-state index in [1.54, 1.807) is 0 Å². The molecular weight excluding hydrogens is 273 g/mol. The summed E-state index contributed by atoms with van der Waals surface area (Å²) >= 11 is 0. The molecule has 2 rings (SSSR count). The van der Waals surface area contributed by atoms with Gasteiger partial charge in [-0.1, -0.05) is 0 Å². The third-order valence-electron chi connectivity index (χ3n) is 3.96. The lowest BCUT2D eigenvalue weighted by Gasteiger charge is -2.38. The Morgan fingerprint density at radius 2 is 2.25 bits per heavy atom. The fraction of sp³-hybridized carbons (Fsp3) is 0.769. The molecule has 20 heavy (non-hydrogen) atoms.